The molecule has 0 aliphatic heterocycles. The van der Waals surface area contributed by atoms with E-state index in [-0.39, 0.29) is 11.1 Å². The lowest BCUT2D eigenvalue weighted by Crippen LogP contribution is -2.35. The van der Waals surface area contributed by atoms with E-state index in [1.165, 1.54) is 0 Å². The van der Waals surface area contributed by atoms with Crippen LogP contribution in [0, 0.1) is 0 Å². The fourth-order valence-corrected chi connectivity index (χ4v) is 2.81. The Labute approximate surface area is 144 Å². The molecule has 1 aliphatic rings. The first-order chi connectivity index (χ1) is 11.9. The normalized spacial score (nSPS) is 19.3. The van der Waals surface area contributed by atoms with Gasteiger partial charge in [-0.3, -0.25) is 0 Å². The average Bonchev–Trinajstić information content (AvgIpc) is 2.62. The van der Waals surface area contributed by atoms with Crippen molar-refractivity contribution in [2.75, 3.05) is 0 Å². The van der Waals surface area contributed by atoms with Crippen LogP contribution < -0.4 is 5.73 Å². The van der Waals surface area contributed by atoms with Crippen LogP contribution in [0.1, 0.15) is 38.3 Å². The van der Waals surface area contributed by atoms with Crippen LogP contribution in [0.5, 0.6) is 0 Å². The minimum absolute atomic E-state index is 0.224. The number of nitrogens with two attached hydrogens (primary N) is 1. The molecule has 0 radical (unpaired) electrons. The summed E-state index contributed by atoms with van der Waals surface area (Å²) in [5.74, 6) is -1.92. The summed E-state index contributed by atoms with van der Waals surface area (Å²) in [6, 6.07) is 13.2. The number of rotatable bonds is 4. The Kier molecular flexibility index (Phi) is 4.25. The van der Waals surface area contributed by atoms with Crippen molar-refractivity contribution in [3.8, 4) is 0 Å². The van der Waals surface area contributed by atoms with Crippen molar-refractivity contribution < 1.29 is 19.8 Å². The van der Waals surface area contributed by atoms with Gasteiger partial charge >= 0.3 is 11.9 Å². The summed E-state index contributed by atoms with van der Waals surface area (Å²) in [5.41, 5.74) is 8.96. The van der Waals surface area contributed by atoms with E-state index in [4.69, 9.17) is 15.9 Å². The van der Waals surface area contributed by atoms with Gasteiger partial charge in [-0.2, -0.15) is 0 Å². The van der Waals surface area contributed by atoms with Crippen molar-refractivity contribution >= 4 is 17.5 Å². The maximum absolute atomic E-state index is 10.9. The summed E-state index contributed by atoms with van der Waals surface area (Å²) in [5, 5.41) is 17.9. The molecular formula is C20H17NO4. The van der Waals surface area contributed by atoms with E-state index in [0.29, 0.717) is 6.42 Å². The SMILES string of the molecule is NC1(c2ccc(C(=O)O)cc2)C=CC(c2ccc(C(=O)O)cc2)=CC1. The second kappa shape index (κ2) is 6.37. The number of carboxylic acid groups (broad SMARTS) is 2. The molecule has 0 saturated heterocycles. The third kappa shape index (κ3) is 3.36. The van der Waals surface area contributed by atoms with E-state index in [2.05, 4.69) is 0 Å². The molecule has 1 unspecified atom stereocenters. The zero-order chi connectivity index (χ0) is 18.0. The van der Waals surface area contributed by atoms with E-state index in [1.807, 2.05) is 18.2 Å². The van der Waals surface area contributed by atoms with Gasteiger partial charge in [-0.1, -0.05) is 42.5 Å². The lowest BCUT2D eigenvalue weighted by Gasteiger charge is -2.28. The number of carboxylic acids is 2. The van der Waals surface area contributed by atoms with Crippen molar-refractivity contribution in [3.05, 3.63) is 89.0 Å². The Morgan fingerprint density at radius 1 is 0.880 bits per heavy atom. The molecule has 0 amide bonds. The zero-order valence-electron chi connectivity index (χ0n) is 13.3. The van der Waals surface area contributed by atoms with Crippen LogP contribution in [0.4, 0.5) is 0 Å². The largest absolute Gasteiger partial charge is 0.478 e. The predicted molar refractivity (Wildman–Crippen MR) is 94.4 cm³/mol. The highest BCUT2D eigenvalue weighted by Gasteiger charge is 2.26. The number of hydrogen-bond donors (Lipinski definition) is 3. The predicted octanol–water partition coefficient (Wildman–Crippen LogP) is 3.28. The van der Waals surface area contributed by atoms with Gasteiger partial charge in [0.2, 0.25) is 0 Å². The molecule has 2 aromatic rings. The van der Waals surface area contributed by atoms with Crippen LogP contribution in [0.25, 0.3) is 5.57 Å². The van der Waals surface area contributed by atoms with Crippen molar-refractivity contribution in [1.29, 1.82) is 0 Å². The average molecular weight is 335 g/mol. The van der Waals surface area contributed by atoms with Gasteiger partial charge in [0.05, 0.1) is 16.7 Å². The minimum atomic E-state index is -0.969. The fourth-order valence-electron chi connectivity index (χ4n) is 2.81. The van der Waals surface area contributed by atoms with Gasteiger partial charge in [-0.25, -0.2) is 9.59 Å². The topological polar surface area (TPSA) is 101 Å². The highest BCUT2D eigenvalue weighted by Crippen LogP contribution is 2.32. The van der Waals surface area contributed by atoms with E-state index in [9.17, 15) is 9.59 Å². The van der Waals surface area contributed by atoms with Crippen LogP contribution in [0.15, 0.2) is 66.8 Å². The zero-order valence-corrected chi connectivity index (χ0v) is 13.3. The molecule has 126 valence electrons. The molecule has 1 atom stereocenters. The second-order valence-corrected chi connectivity index (χ2v) is 6.00. The Hall–Kier alpha value is -3.18. The molecule has 5 nitrogen and oxygen atoms in total. The smallest absolute Gasteiger partial charge is 0.335 e. The summed E-state index contributed by atoms with van der Waals surface area (Å²) < 4.78 is 0. The van der Waals surface area contributed by atoms with Crippen LogP contribution >= 0.6 is 0 Å². The number of benzene rings is 2. The lowest BCUT2D eigenvalue weighted by molar-refractivity contribution is 0.0686. The molecule has 4 N–H and O–H groups in total. The van der Waals surface area contributed by atoms with Gasteiger partial charge in [0.15, 0.2) is 0 Å². The molecule has 0 saturated carbocycles. The molecule has 2 aromatic carbocycles. The molecule has 0 aromatic heterocycles. The van der Waals surface area contributed by atoms with Crippen molar-refractivity contribution in [3.63, 3.8) is 0 Å². The summed E-state index contributed by atoms with van der Waals surface area (Å²) in [6.07, 6.45) is 6.36. The first kappa shape index (κ1) is 16.7. The maximum atomic E-state index is 10.9. The first-order valence-electron chi connectivity index (χ1n) is 7.75. The Bertz CT molecular complexity index is 879. The molecule has 5 heteroatoms. The van der Waals surface area contributed by atoms with Gasteiger partial charge in [-0.15, -0.1) is 0 Å². The maximum Gasteiger partial charge on any atom is 0.335 e. The summed E-state index contributed by atoms with van der Waals surface area (Å²) in [4.78, 5) is 21.9. The van der Waals surface area contributed by atoms with Gasteiger partial charge < -0.3 is 15.9 Å². The fraction of sp³-hybridized carbons (Fsp3) is 0.100. The standard InChI is InChI=1S/C20H17NO4/c21-20(17-7-5-16(6-8-17)19(24)25)11-9-14(10-12-20)13-1-3-15(4-2-13)18(22)23/h1-11H,12,21H2,(H,22,23)(H,24,25). The molecule has 25 heavy (non-hydrogen) atoms. The van der Waals surface area contributed by atoms with Crippen molar-refractivity contribution in [1.82, 2.24) is 0 Å². The van der Waals surface area contributed by atoms with Gasteiger partial charge in [0.1, 0.15) is 0 Å². The first-order valence-corrected chi connectivity index (χ1v) is 7.75. The van der Waals surface area contributed by atoms with E-state index >= 15 is 0 Å². The van der Waals surface area contributed by atoms with Gasteiger partial charge in [-0.05, 0) is 47.4 Å². The van der Waals surface area contributed by atoms with Crippen LogP contribution in [0.2, 0.25) is 0 Å². The van der Waals surface area contributed by atoms with Crippen molar-refractivity contribution in [2.24, 2.45) is 5.73 Å². The minimum Gasteiger partial charge on any atom is -0.478 e. The lowest BCUT2D eigenvalue weighted by atomic mass is 9.82. The number of aromatic carboxylic acids is 2. The van der Waals surface area contributed by atoms with Gasteiger partial charge in [0.25, 0.3) is 0 Å². The molecule has 1 aliphatic carbocycles. The Morgan fingerprint density at radius 2 is 1.40 bits per heavy atom. The summed E-state index contributed by atoms with van der Waals surface area (Å²) in [6.45, 7) is 0. The third-order valence-electron chi connectivity index (χ3n) is 4.35. The molecular weight excluding hydrogens is 318 g/mol. The Morgan fingerprint density at radius 3 is 1.84 bits per heavy atom. The summed E-state index contributed by atoms with van der Waals surface area (Å²) >= 11 is 0. The van der Waals surface area contributed by atoms with Crippen LogP contribution in [-0.4, -0.2) is 22.2 Å². The van der Waals surface area contributed by atoms with E-state index < -0.39 is 17.5 Å². The Balaban J connectivity index is 1.80. The monoisotopic (exact) mass is 335 g/mol. The number of hydrogen-bond acceptors (Lipinski definition) is 3. The van der Waals surface area contributed by atoms with Crippen LogP contribution in [-0.2, 0) is 5.54 Å². The molecule has 0 bridgehead atoms. The molecule has 0 heterocycles. The third-order valence-corrected chi connectivity index (χ3v) is 4.35. The molecule has 0 spiro atoms. The van der Waals surface area contributed by atoms with Crippen LogP contribution in [0.3, 0.4) is 0 Å². The highest BCUT2D eigenvalue weighted by molar-refractivity contribution is 5.89. The number of allylic oxidation sites excluding steroid dienone is 2. The van der Waals surface area contributed by atoms with Crippen molar-refractivity contribution in [2.45, 2.75) is 12.0 Å². The highest BCUT2D eigenvalue weighted by atomic mass is 16.4. The summed E-state index contributed by atoms with van der Waals surface area (Å²) in [7, 11) is 0. The quantitative estimate of drug-likeness (QED) is 0.796. The van der Waals surface area contributed by atoms with E-state index in [1.54, 1.807) is 48.5 Å². The van der Waals surface area contributed by atoms with Gasteiger partial charge in [0, 0.05) is 0 Å². The molecule has 3 rings (SSSR count). The second-order valence-electron chi connectivity index (χ2n) is 6.00. The number of carbonyl (C=O) groups is 2. The molecule has 0 fully saturated rings. The van der Waals surface area contributed by atoms with E-state index in [0.717, 1.165) is 16.7 Å².